The van der Waals surface area contributed by atoms with Crippen molar-refractivity contribution in [3.63, 3.8) is 0 Å². The summed E-state index contributed by atoms with van der Waals surface area (Å²) in [6.07, 6.45) is 4.26. The van der Waals surface area contributed by atoms with Gasteiger partial charge in [0.2, 0.25) is 0 Å². The van der Waals surface area contributed by atoms with Gasteiger partial charge in [0, 0.05) is 13.7 Å². The molecule has 1 aliphatic heterocycles. The summed E-state index contributed by atoms with van der Waals surface area (Å²) in [4.78, 5) is 0. The van der Waals surface area contributed by atoms with Crippen LogP contribution in [0.2, 0.25) is 0 Å². The Morgan fingerprint density at radius 2 is 2.45 bits per heavy atom. The van der Waals surface area contributed by atoms with Crippen LogP contribution in [0.3, 0.4) is 0 Å². The molecule has 0 spiro atoms. The van der Waals surface area contributed by atoms with Gasteiger partial charge in [0.05, 0.1) is 6.10 Å². The van der Waals surface area contributed by atoms with E-state index in [1.807, 2.05) is 7.11 Å². The van der Waals surface area contributed by atoms with Crippen molar-refractivity contribution < 1.29 is 4.74 Å². The van der Waals surface area contributed by atoms with Crippen molar-refractivity contribution in [1.29, 1.82) is 0 Å². The summed E-state index contributed by atoms with van der Waals surface area (Å²) < 4.78 is 5.40. The third kappa shape index (κ3) is 2.46. The van der Waals surface area contributed by atoms with Crippen LogP contribution < -0.4 is 5.32 Å². The minimum atomic E-state index is 0.475. The smallest absolute Gasteiger partial charge is 0.0609 e. The zero-order chi connectivity index (χ0) is 8.10. The Labute approximate surface area is 69.3 Å². The van der Waals surface area contributed by atoms with Crippen molar-refractivity contribution in [1.82, 2.24) is 5.32 Å². The highest BCUT2D eigenvalue weighted by atomic mass is 16.5. The summed E-state index contributed by atoms with van der Waals surface area (Å²) >= 11 is 0. The molecule has 1 heterocycles. The van der Waals surface area contributed by atoms with Gasteiger partial charge in [-0.2, -0.15) is 0 Å². The standard InChI is InChI=1S/C9H19NO/c1-3-9(11-2)8-5-4-6-10-7-8/h8-10H,3-7H2,1-2H3/t8-,9+/m1/s1. The SMILES string of the molecule is CC[C@H](OC)[C@@H]1CCCNC1. The van der Waals surface area contributed by atoms with Crippen LogP contribution >= 0.6 is 0 Å². The molecule has 0 amide bonds. The van der Waals surface area contributed by atoms with Crippen molar-refractivity contribution >= 4 is 0 Å². The second-order valence-electron chi connectivity index (χ2n) is 3.29. The first kappa shape index (κ1) is 9.01. The number of hydrogen-bond acceptors (Lipinski definition) is 2. The van der Waals surface area contributed by atoms with Gasteiger partial charge < -0.3 is 10.1 Å². The Morgan fingerprint density at radius 1 is 1.64 bits per heavy atom. The first-order chi connectivity index (χ1) is 5.38. The molecule has 0 radical (unpaired) electrons. The predicted molar refractivity (Wildman–Crippen MR) is 46.7 cm³/mol. The van der Waals surface area contributed by atoms with E-state index in [1.54, 1.807) is 0 Å². The Morgan fingerprint density at radius 3 is 2.91 bits per heavy atom. The first-order valence-electron chi connectivity index (χ1n) is 4.62. The van der Waals surface area contributed by atoms with Gasteiger partial charge in [0.25, 0.3) is 0 Å². The monoisotopic (exact) mass is 157 g/mol. The number of nitrogens with one attached hydrogen (secondary N) is 1. The molecule has 11 heavy (non-hydrogen) atoms. The van der Waals surface area contributed by atoms with Gasteiger partial charge in [0.15, 0.2) is 0 Å². The van der Waals surface area contributed by atoms with E-state index in [9.17, 15) is 0 Å². The summed E-state index contributed by atoms with van der Waals surface area (Å²) in [5.41, 5.74) is 0. The number of ether oxygens (including phenoxy) is 1. The molecule has 1 fully saturated rings. The fourth-order valence-electron chi connectivity index (χ4n) is 1.89. The summed E-state index contributed by atoms with van der Waals surface area (Å²) in [6, 6.07) is 0. The molecule has 66 valence electrons. The Hall–Kier alpha value is -0.0800. The van der Waals surface area contributed by atoms with Gasteiger partial charge >= 0.3 is 0 Å². The highest BCUT2D eigenvalue weighted by molar-refractivity contribution is 4.75. The van der Waals surface area contributed by atoms with Crippen LogP contribution in [-0.2, 0) is 4.74 Å². The van der Waals surface area contributed by atoms with Gasteiger partial charge in [-0.15, -0.1) is 0 Å². The molecule has 2 atom stereocenters. The van der Waals surface area contributed by atoms with Crippen LogP contribution in [0, 0.1) is 5.92 Å². The van der Waals surface area contributed by atoms with Gasteiger partial charge in [0.1, 0.15) is 0 Å². The third-order valence-corrected chi connectivity index (χ3v) is 2.57. The fraction of sp³-hybridized carbons (Fsp3) is 1.00. The average Bonchev–Trinajstić information content (AvgIpc) is 2.09. The highest BCUT2D eigenvalue weighted by Gasteiger charge is 2.21. The van der Waals surface area contributed by atoms with E-state index in [4.69, 9.17) is 4.74 Å². The van der Waals surface area contributed by atoms with E-state index < -0.39 is 0 Å². The molecule has 0 aromatic carbocycles. The van der Waals surface area contributed by atoms with Crippen molar-refractivity contribution in [3.05, 3.63) is 0 Å². The quantitative estimate of drug-likeness (QED) is 0.669. The maximum Gasteiger partial charge on any atom is 0.0609 e. The number of hydrogen-bond donors (Lipinski definition) is 1. The molecule has 0 saturated carbocycles. The van der Waals surface area contributed by atoms with Crippen LogP contribution in [-0.4, -0.2) is 26.3 Å². The summed E-state index contributed by atoms with van der Waals surface area (Å²) in [5, 5.41) is 3.40. The highest BCUT2D eigenvalue weighted by Crippen LogP contribution is 2.18. The van der Waals surface area contributed by atoms with Crippen molar-refractivity contribution in [2.24, 2.45) is 5.92 Å². The third-order valence-electron chi connectivity index (χ3n) is 2.57. The van der Waals surface area contributed by atoms with E-state index in [1.165, 1.54) is 19.4 Å². The largest absolute Gasteiger partial charge is 0.381 e. The molecule has 1 rings (SSSR count). The molecule has 2 heteroatoms. The van der Waals surface area contributed by atoms with Gasteiger partial charge in [-0.25, -0.2) is 0 Å². The van der Waals surface area contributed by atoms with E-state index in [2.05, 4.69) is 12.2 Å². The molecule has 0 aliphatic carbocycles. The minimum absolute atomic E-state index is 0.475. The van der Waals surface area contributed by atoms with E-state index in [-0.39, 0.29) is 0 Å². The lowest BCUT2D eigenvalue weighted by molar-refractivity contribution is 0.0393. The average molecular weight is 157 g/mol. The zero-order valence-electron chi connectivity index (χ0n) is 7.60. The van der Waals surface area contributed by atoms with Crippen LogP contribution in [0.4, 0.5) is 0 Å². The molecular formula is C9H19NO. The Kier molecular flexibility index (Phi) is 3.87. The first-order valence-corrected chi connectivity index (χ1v) is 4.62. The van der Waals surface area contributed by atoms with Crippen molar-refractivity contribution in [2.45, 2.75) is 32.3 Å². The van der Waals surface area contributed by atoms with Gasteiger partial charge in [-0.3, -0.25) is 0 Å². The molecule has 0 bridgehead atoms. The van der Waals surface area contributed by atoms with E-state index >= 15 is 0 Å². The van der Waals surface area contributed by atoms with Gasteiger partial charge in [-0.05, 0) is 31.7 Å². The summed E-state index contributed by atoms with van der Waals surface area (Å²) in [6.45, 7) is 4.53. The van der Waals surface area contributed by atoms with Crippen molar-refractivity contribution in [3.8, 4) is 0 Å². The zero-order valence-corrected chi connectivity index (χ0v) is 7.60. The lowest BCUT2D eigenvalue weighted by Crippen LogP contribution is -2.37. The van der Waals surface area contributed by atoms with E-state index in [0.717, 1.165) is 18.9 Å². The molecule has 0 unspecified atom stereocenters. The Bertz CT molecular complexity index is 95.7. The summed E-state index contributed by atoms with van der Waals surface area (Å²) in [7, 11) is 1.82. The number of piperidine rings is 1. The maximum atomic E-state index is 5.40. The fourth-order valence-corrected chi connectivity index (χ4v) is 1.89. The van der Waals surface area contributed by atoms with Gasteiger partial charge in [-0.1, -0.05) is 6.92 Å². The molecule has 0 aromatic rings. The second kappa shape index (κ2) is 4.73. The second-order valence-corrected chi connectivity index (χ2v) is 3.29. The van der Waals surface area contributed by atoms with Crippen LogP contribution in [0.5, 0.6) is 0 Å². The normalized spacial score (nSPS) is 28.4. The van der Waals surface area contributed by atoms with Crippen molar-refractivity contribution in [2.75, 3.05) is 20.2 Å². The molecule has 0 aromatic heterocycles. The molecular weight excluding hydrogens is 138 g/mol. The molecule has 1 saturated heterocycles. The lowest BCUT2D eigenvalue weighted by atomic mass is 9.92. The number of methoxy groups -OCH3 is 1. The van der Waals surface area contributed by atoms with Crippen LogP contribution in [0.25, 0.3) is 0 Å². The molecule has 1 N–H and O–H groups in total. The minimum Gasteiger partial charge on any atom is -0.381 e. The van der Waals surface area contributed by atoms with Crippen LogP contribution in [0.15, 0.2) is 0 Å². The topological polar surface area (TPSA) is 21.3 Å². The predicted octanol–water partition coefficient (Wildman–Crippen LogP) is 1.41. The Balaban J connectivity index is 2.30. The lowest BCUT2D eigenvalue weighted by Gasteiger charge is -2.28. The van der Waals surface area contributed by atoms with E-state index in [0.29, 0.717) is 6.10 Å². The number of rotatable bonds is 3. The summed E-state index contributed by atoms with van der Waals surface area (Å²) in [5.74, 6) is 0.749. The maximum absolute atomic E-state index is 5.40. The van der Waals surface area contributed by atoms with Crippen LogP contribution in [0.1, 0.15) is 26.2 Å². The molecule has 1 aliphatic rings. The molecule has 2 nitrogen and oxygen atoms in total.